The summed E-state index contributed by atoms with van der Waals surface area (Å²) in [6, 6.07) is 0. The van der Waals surface area contributed by atoms with Gasteiger partial charge in [-0.05, 0) is 57.1 Å². The molecule has 1 aliphatic carbocycles. The lowest BCUT2D eigenvalue weighted by Crippen LogP contribution is -2.35. The number of carboxylic acid groups (broad SMARTS) is 1. The fourth-order valence-corrected chi connectivity index (χ4v) is 3.06. The third-order valence-electron chi connectivity index (χ3n) is 4.49. The largest absolute Gasteiger partial charge is 0.481 e. The van der Waals surface area contributed by atoms with Crippen molar-refractivity contribution in [3.8, 4) is 0 Å². The van der Waals surface area contributed by atoms with E-state index in [2.05, 4.69) is 10.6 Å². The number of rotatable bonds is 12. The van der Waals surface area contributed by atoms with E-state index >= 15 is 0 Å². The first-order valence-corrected chi connectivity index (χ1v) is 8.94. The highest BCUT2D eigenvalue weighted by Gasteiger charge is 2.25. The molecule has 6 heteroatoms. The van der Waals surface area contributed by atoms with Gasteiger partial charge < -0.3 is 15.7 Å². The molecule has 1 amide bonds. The molecule has 0 aromatic carbocycles. The molecule has 0 atom stereocenters. The second kappa shape index (κ2) is 12.7. The van der Waals surface area contributed by atoms with Crippen LogP contribution in [0, 0.1) is 11.8 Å². The first-order valence-electron chi connectivity index (χ1n) is 8.94. The number of carboxylic acids is 1. The van der Waals surface area contributed by atoms with Gasteiger partial charge in [0.15, 0.2) is 0 Å². The minimum Gasteiger partial charge on any atom is -0.481 e. The zero-order valence-electron chi connectivity index (χ0n) is 14.3. The lowest BCUT2D eigenvalue weighted by atomic mass is 9.81. The second-order valence-electron chi connectivity index (χ2n) is 6.44. The Kier molecular flexibility index (Phi) is 10.8. The summed E-state index contributed by atoms with van der Waals surface area (Å²) in [6.07, 6.45) is 10.6. The summed E-state index contributed by atoms with van der Waals surface area (Å²) in [5.41, 5.74) is 0. The van der Waals surface area contributed by atoms with E-state index < -0.39 is 5.97 Å². The molecule has 0 unspecified atom stereocenters. The number of unbranched alkanes of at least 4 members (excludes halogenated alkanes) is 2. The lowest BCUT2D eigenvalue weighted by molar-refractivity contribution is -0.137. The van der Waals surface area contributed by atoms with Gasteiger partial charge in [-0.15, -0.1) is 0 Å². The third-order valence-corrected chi connectivity index (χ3v) is 4.49. The minimum absolute atomic E-state index is 0.121. The Bertz CT molecular complexity index is 415. The van der Waals surface area contributed by atoms with Crippen LogP contribution in [-0.2, 0) is 14.4 Å². The molecule has 1 aliphatic rings. The van der Waals surface area contributed by atoms with E-state index in [0.717, 1.165) is 51.4 Å². The Hall–Kier alpha value is -1.69. The van der Waals surface area contributed by atoms with Crippen LogP contribution >= 0.6 is 0 Å². The number of allylic oxidation sites excluding steroid dienone is 1. The van der Waals surface area contributed by atoms with Gasteiger partial charge in [-0.1, -0.05) is 12.5 Å². The van der Waals surface area contributed by atoms with Crippen molar-refractivity contribution in [2.45, 2.75) is 51.4 Å². The summed E-state index contributed by atoms with van der Waals surface area (Å²) >= 11 is 0. The maximum atomic E-state index is 12.1. The second-order valence-corrected chi connectivity index (χ2v) is 6.44. The van der Waals surface area contributed by atoms with Gasteiger partial charge in [-0.2, -0.15) is 0 Å². The number of nitrogens with one attached hydrogen (secondary N) is 2. The predicted octanol–water partition coefficient (Wildman–Crippen LogP) is 1.90. The topological polar surface area (TPSA) is 95.5 Å². The first kappa shape index (κ1) is 20.4. The Morgan fingerprint density at radius 2 is 1.83 bits per heavy atom. The molecule has 136 valence electrons. The standard InChI is InChI=1S/C18H30N2O4/c21-13-5-4-11-19-14-15-7-9-16(10-8-15)18(24)20-12-3-1-2-6-17(22)23/h4-5,13,15-16,19H,1-3,6-12,14H2,(H,20,24)(H,22,23)/b5-4-. The summed E-state index contributed by atoms with van der Waals surface area (Å²) in [5, 5.41) is 14.8. The van der Waals surface area contributed by atoms with Gasteiger partial charge in [0.25, 0.3) is 0 Å². The summed E-state index contributed by atoms with van der Waals surface area (Å²) in [5.74, 6) is 0.114. The quantitative estimate of drug-likeness (QED) is 0.287. The molecule has 1 saturated carbocycles. The fourth-order valence-electron chi connectivity index (χ4n) is 3.06. The summed E-state index contributed by atoms with van der Waals surface area (Å²) in [6.45, 7) is 2.28. The highest BCUT2D eigenvalue weighted by atomic mass is 16.4. The number of hydrogen-bond acceptors (Lipinski definition) is 4. The predicted molar refractivity (Wildman–Crippen MR) is 92.6 cm³/mol. The van der Waals surface area contributed by atoms with Crippen molar-refractivity contribution in [2.75, 3.05) is 19.6 Å². The summed E-state index contributed by atoms with van der Waals surface area (Å²) in [7, 11) is 0. The molecule has 3 N–H and O–H groups in total. The molecule has 1 rings (SSSR count). The maximum Gasteiger partial charge on any atom is 0.303 e. The van der Waals surface area contributed by atoms with E-state index in [1.165, 1.54) is 6.08 Å². The average molecular weight is 338 g/mol. The number of carbonyl (C=O) groups is 3. The van der Waals surface area contributed by atoms with Crippen LogP contribution in [0.5, 0.6) is 0 Å². The number of hydrogen-bond donors (Lipinski definition) is 3. The molecule has 6 nitrogen and oxygen atoms in total. The van der Waals surface area contributed by atoms with E-state index in [4.69, 9.17) is 5.11 Å². The molecule has 0 radical (unpaired) electrons. The Morgan fingerprint density at radius 3 is 2.50 bits per heavy atom. The first-order chi connectivity index (χ1) is 11.6. The van der Waals surface area contributed by atoms with Gasteiger partial charge in [0.1, 0.15) is 6.29 Å². The van der Waals surface area contributed by atoms with Crippen molar-refractivity contribution in [3.05, 3.63) is 12.2 Å². The lowest BCUT2D eigenvalue weighted by Gasteiger charge is -2.27. The molecule has 0 bridgehead atoms. The average Bonchev–Trinajstić information content (AvgIpc) is 2.58. The van der Waals surface area contributed by atoms with Gasteiger partial charge in [-0.25, -0.2) is 0 Å². The third kappa shape index (κ3) is 9.45. The highest BCUT2D eigenvalue weighted by Crippen LogP contribution is 2.28. The Morgan fingerprint density at radius 1 is 1.08 bits per heavy atom. The number of aldehydes is 1. The van der Waals surface area contributed by atoms with Crippen LogP contribution in [0.25, 0.3) is 0 Å². The number of carbonyl (C=O) groups excluding carboxylic acids is 2. The Labute approximate surface area is 144 Å². The molecule has 1 fully saturated rings. The number of aliphatic carboxylic acids is 1. The molecule has 24 heavy (non-hydrogen) atoms. The zero-order valence-corrected chi connectivity index (χ0v) is 14.3. The molecule has 0 spiro atoms. The summed E-state index contributed by atoms with van der Waals surface area (Å²) < 4.78 is 0. The van der Waals surface area contributed by atoms with Crippen molar-refractivity contribution in [3.63, 3.8) is 0 Å². The molecule has 0 heterocycles. The molecular formula is C18H30N2O4. The maximum absolute atomic E-state index is 12.1. The van der Waals surface area contributed by atoms with Gasteiger partial charge in [0.2, 0.25) is 5.91 Å². The molecule has 0 saturated heterocycles. The smallest absolute Gasteiger partial charge is 0.303 e. The zero-order chi connectivity index (χ0) is 17.6. The van der Waals surface area contributed by atoms with E-state index in [1.807, 2.05) is 6.08 Å². The summed E-state index contributed by atoms with van der Waals surface area (Å²) in [4.78, 5) is 32.7. The monoisotopic (exact) mass is 338 g/mol. The van der Waals surface area contributed by atoms with Crippen molar-refractivity contribution < 1.29 is 19.5 Å². The van der Waals surface area contributed by atoms with Crippen LogP contribution < -0.4 is 10.6 Å². The fraction of sp³-hybridized carbons (Fsp3) is 0.722. The molecule has 0 aliphatic heterocycles. The van der Waals surface area contributed by atoms with Crippen molar-refractivity contribution in [1.29, 1.82) is 0 Å². The minimum atomic E-state index is -0.759. The molecular weight excluding hydrogens is 308 g/mol. The number of amides is 1. The van der Waals surface area contributed by atoms with Crippen LogP contribution in [0.3, 0.4) is 0 Å². The van der Waals surface area contributed by atoms with Crippen LogP contribution in [-0.4, -0.2) is 42.9 Å². The van der Waals surface area contributed by atoms with E-state index in [1.54, 1.807) is 0 Å². The van der Waals surface area contributed by atoms with Gasteiger partial charge in [0, 0.05) is 25.4 Å². The van der Waals surface area contributed by atoms with Gasteiger partial charge >= 0.3 is 5.97 Å². The van der Waals surface area contributed by atoms with Crippen LogP contribution in [0.2, 0.25) is 0 Å². The molecule has 0 aromatic heterocycles. The van der Waals surface area contributed by atoms with Crippen molar-refractivity contribution in [1.82, 2.24) is 10.6 Å². The van der Waals surface area contributed by atoms with Crippen LogP contribution in [0.15, 0.2) is 12.2 Å². The van der Waals surface area contributed by atoms with Gasteiger partial charge in [0.05, 0.1) is 0 Å². The van der Waals surface area contributed by atoms with Crippen LogP contribution in [0.4, 0.5) is 0 Å². The highest BCUT2D eigenvalue weighted by molar-refractivity contribution is 5.78. The van der Waals surface area contributed by atoms with Gasteiger partial charge in [-0.3, -0.25) is 14.4 Å². The van der Waals surface area contributed by atoms with Crippen molar-refractivity contribution >= 4 is 18.2 Å². The van der Waals surface area contributed by atoms with Crippen molar-refractivity contribution in [2.24, 2.45) is 11.8 Å². The van der Waals surface area contributed by atoms with E-state index in [-0.39, 0.29) is 18.2 Å². The van der Waals surface area contributed by atoms with Crippen LogP contribution in [0.1, 0.15) is 51.4 Å². The normalized spacial score (nSPS) is 20.8. The van der Waals surface area contributed by atoms with E-state index in [9.17, 15) is 14.4 Å². The molecule has 0 aromatic rings. The van der Waals surface area contributed by atoms with E-state index in [0.29, 0.717) is 25.4 Å². The Balaban J connectivity index is 2.05. The SMILES string of the molecule is O=C/C=C\CNCC1CCC(C(=O)NCCCCCC(=O)O)CC1.